The molecule has 1 unspecified atom stereocenters. The van der Waals surface area contributed by atoms with Gasteiger partial charge in [0.1, 0.15) is 23.7 Å². The molecule has 1 saturated carbocycles. The second-order valence-corrected chi connectivity index (χ2v) is 12.2. The van der Waals surface area contributed by atoms with Gasteiger partial charge in [-0.25, -0.2) is 4.79 Å². The first-order chi connectivity index (χ1) is 18.6. The number of primary amides is 1. The van der Waals surface area contributed by atoms with Gasteiger partial charge in [0.2, 0.25) is 11.8 Å². The van der Waals surface area contributed by atoms with Crippen molar-refractivity contribution in [3.8, 4) is 0 Å². The molecule has 3 rings (SSSR count). The van der Waals surface area contributed by atoms with Crippen molar-refractivity contribution in [3.05, 3.63) is 34.3 Å². The molecule has 1 aromatic carbocycles. The van der Waals surface area contributed by atoms with Crippen molar-refractivity contribution in [3.63, 3.8) is 0 Å². The van der Waals surface area contributed by atoms with E-state index in [1.54, 1.807) is 20.8 Å². The van der Waals surface area contributed by atoms with Gasteiger partial charge in [0, 0.05) is 11.6 Å². The van der Waals surface area contributed by atoms with Gasteiger partial charge in [-0.1, -0.05) is 36.9 Å². The molecule has 2 aliphatic rings. The number of amides is 3. The van der Waals surface area contributed by atoms with E-state index < -0.39 is 54.2 Å². The molecule has 1 aliphatic heterocycles. The zero-order valence-electron chi connectivity index (χ0n) is 23.3. The van der Waals surface area contributed by atoms with Crippen LogP contribution in [0.3, 0.4) is 0 Å². The highest BCUT2D eigenvalue weighted by Crippen LogP contribution is 2.34. The van der Waals surface area contributed by atoms with E-state index in [0.29, 0.717) is 37.8 Å². The molecule has 0 radical (unpaired) electrons. The zero-order valence-corrected chi connectivity index (χ0v) is 24.1. The molecule has 3 amide bonds. The van der Waals surface area contributed by atoms with Gasteiger partial charge in [0.15, 0.2) is 0 Å². The smallest absolute Gasteiger partial charge is 0.411 e. The Kier molecular flexibility index (Phi) is 10.4. The van der Waals surface area contributed by atoms with E-state index in [2.05, 4.69) is 0 Å². The Hall–Kier alpha value is -2.53. The van der Waals surface area contributed by atoms with Gasteiger partial charge in [0.25, 0.3) is 0 Å². The number of nitrogens with zero attached hydrogens (tertiary/aromatic N) is 2. The van der Waals surface area contributed by atoms with Gasteiger partial charge in [-0.2, -0.15) is 13.2 Å². The Morgan fingerprint density at radius 2 is 1.73 bits per heavy atom. The van der Waals surface area contributed by atoms with Crippen LogP contribution < -0.4 is 11.5 Å². The van der Waals surface area contributed by atoms with E-state index in [1.165, 1.54) is 28.0 Å². The molecule has 2 fully saturated rings. The van der Waals surface area contributed by atoms with Crippen LogP contribution in [0.5, 0.6) is 0 Å². The van der Waals surface area contributed by atoms with Crippen molar-refractivity contribution in [1.29, 1.82) is 0 Å². The lowest BCUT2D eigenvalue weighted by molar-refractivity contribution is -0.147. The summed E-state index contributed by atoms with van der Waals surface area (Å²) in [6.07, 6.45) is -0.855. The lowest BCUT2D eigenvalue weighted by Gasteiger charge is -2.41. The fourth-order valence-electron chi connectivity index (χ4n) is 5.61. The SMILES string of the molecule is CC(C)(C)OC(=O)N(Cc1cc(Cl)ccc1CC(N)C(F)(F)F)[C@@H](C(=O)N1CCC[C@H]1C(N)=O)C1CCCCC1. The number of ether oxygens (including phenoxy) is 1. The third-order valence-corrected chi connectivity index (χ3v) is 7.78. The molecule has 0 bridgehead atoms. The molecule has 1 aliphatic carbocycles. The van der Waals surface area contributed by atoms with E-state index >= 15 is 0 Å². The van der Waals surface area contributed by atoms with Crippen molar-refractivity contribution < 1.29 is 32.3 Å². The van der Waals surface area contributed by atoms with Crippen LogP contribution in [-0.2, 0) is 27.3 Å². The van der Waals surface area contributed by atoms with Crippen LogP contribution in [0.4, 0.5) is 18.0 Å². The highest BCUT2D eigenvalue weighted by Gasteiger charge is 2.45. The summed E-state index contributed by atoms with van der Waals surface area (Å²) >= 11 is 6.25. The third kappa shape index (κ3) is 8.25. The Bertz CT molecular complexity index is 1070. The molecule has 1 saturated heterocycles. The minimum atomic E-state index is -4.62. The first-order valence-electron chi connectivity index (χ1n) is 13.8. The number of benzene rings is 1. The maximum absolute atomic E-state index is 14.2. The van der Waals surface area contributed by atoms with Crippen molar-refractivity contribution in [2.45, 2.75) is 109 Å². The number of nitrogens with two attached hydrogens (primary N) is 2. The van der Waals surface area contributed by atoms with Crippen LogP contribution in [0.1, 0.15) is 76.8 Å². The molecule has 1 aromatic rings. The highest BCUT2D eigenvalue weighted by atomic mass is 35.5. The fraction of sp³-hybridized carbons (Fsp3) is 0.679. The Morgan fingerprint density at radius 1 is 1.07 bits per heavy atom. The van der Waals surface area contributed by atoms with Gasteiger partial charge in [-0.15, -0.1) is 0 Å². The lowest BCUT2D eigenvalue weighted by Crippen LogP contribution is -2.57. The number of hydrogen-bond donors (Lipinski definition) is 2. The molecule has 40 heavy (non-hydrogen) atoms. The normalized spacial score (nSPS) is 20.2. The van der Waals surface area contributed by atoms with Gasteiger partial charge < -0.3 is 21.1 Å². The summed E-state index contributed by atoms with van der Waals surface area (Å²) in [5, 5.41) is 0.261. The Labute approximate surface area is 238 Å². The van der Waals surface area contributed by atoms with Gasteiger partial charge >= 0.3 is 12.3 Å². The van der Waals surface area contributed by atoms with Crippen molar-refractivity contribution in [1.82, 2.24) is 9.80 Å². The van der Waals surface area contributed by atoms with Gasteiger partial charge in [-0.3, -0.25) is 14.5 Å². The number of halogens is 4. The number of carbonyl (C=O) groups excluding carboxylic acids is 3. The summed E-state index contributed by atoms with van der Waals surface area (Å²) in [6.45, 7) is 5.17. The molecule has 0 spiro atoms. The second-order valence-electron chi connectivity index (χ2n) is 11.8. The number of carbonyl (C=O) groups is 3. The molecular weight excluding hydrogens is 549 g/mol. The van der Waals surface area contributed by atoms with Crippen LogP contribution in [-0.4, -0.2) is 64.2 Å². The van der Waals surface area contributed by atoms with E-state index in [9.17, 15) is 27.6 Å². The first kappa shape index (κ1) is 32.0. The molecule has 1 heterocycles. The second kappa shape index (κ2) is 13.0. The number of rotatable bonds is 8. The minimum Gasteiger partial charge on any atom is -0.444 e. The van der Waals surface area contributed by atoms with Crippen molar-refractivity contribution in [2.24, 2.45) is 17.4 Å². The maximum atomic E-state index is 14.2. The van der Waals surface area contributed by atoms with Crippen LogP contribution in [0, 0.1) is 5.92 Å². The van der Waals surface area contributed by atoms with E-state index in [1.807, 2.05) is 0 Å². The molecule has 224 valence electrons. The highest BCUT2D eigenvalue weighted by molar-refractivity contribution is 6.30. The molecular formula is C28H40ClF3N4O4. The number of alkyl halides is 3. The topological polar surface area (TPSA) is 119 Å². The maximum Gasteiger partial charge on any atom is 0.411 e. The predicted octanol–water partition coefficient (Wildman–Crippen LogP) is 4.93. The molecule has 0 aromatic heterocycles. The molecule has 3 atom stereocenters. The Balaban J connectivity index is 2.09. The standard InChI is InChI=1S/C28H40ClF3N4O4/c1-27(2,3)40-26(39)36(16-19-14-20(29)12-11-18(19)15-22(33)28(30,31)32)23(17-8-5-4-6-9-17)25(38)35-13-7-10-21(35)24(34)37/h11-12,14,17,21-23H,4-10,13,15-16,33H2,1-3H3,(H2,34,37)/t21-,22?,23+/m0/s1. The Morgan fingerprint density at radius 3 is 2.30 bits per heavy atom. The minimum absolute atomic E-state index is 0.225. The molecule has 8 nitrogen and oxygen atoms in total. The summed E-state index contributed by atoms with van der Waals surface area (Å²) in [4.78, 5) is 42.9. The first-order valence-corrected chi connectivity index (χ1v) is 14.2. The van der Waals surface area contributed by atoms with E-state index in [-0.39, 0.29) is 23.0 Å². The summed E-state index contributed by atoms with van der Waals surface area (Å²) in [5.41, 5.74) is 10.7. The largest absolute Gasteiger partial charge is 0.444 e. The monoisotopic (exact) mass is 588 g/mol. The number of likely N-dealkylation sites (tertiary alicyclic amines) is 1. The summed E-state index contributed by atoms with van der Waals surface area (Å²) in [6, 6.07) is 0.495. The van der Waals surface area contributed by atoms with Crippen molar-refractivity contribution >= 4 is 29.5 Å². The molecule has 12 heteroatoms. The van der Waals surface area contributed by atoms with Gasteiger partial charge in [0.05, 0.1) is 6.54 Å². The summed E-state index contributed by atoms with van der Waals surface area (Å²) < 4.78 is 45.8. The summed E-state index contributed by atoms with van der Waals surface area (Å²) in [7, 11) is 0. The van der Waals surface area contributed by atoms with E-state index in [4.69, 9.17) is 27.8 Å². The van der Waals surface area contributed by atoms with Crippen LogP contribution in [0.2, 0.25) is 5.02 Å². The summed E-state index contributed by atoms with van der Waals surface area (Å²) in [5.74, 6) is -1.26. The fourth-order valence-corrected chi connectivity index (χ4v) is 5.80. The van der Waals surface area contributed by atoms with E-state index in [0.717, 1.165) is 19.3 Å². The molecule has 4 N–H and O–H groups in total. The quantitative estimate of drug-likeness (QED) is 0.446. The predicted molar refractivity (Wildman–Crippen MR) is 145 cm³/mol. The van der Waals surface area contributed by atoms with Crippen LogP contribution in [0.15, 0.2) is 18.2 Å². The average molecular weight is 589 g/mol. The number of hydrogen-bond acceptors (Lipinski definition) is 5. The zero-order chi connectivity index (χ0) is 29.8. The van der Waals surface area contributed by atoms with Crippen molar-refractivity contribution in [2.75, 3.05) is 6.54 Å². The third-order valence-electron chi connectivity index (χ3n) is 7.55. The van der Waals surface area contributed by atoms with Crippen LogP contribution in [0.25, 0.3) is 0 Å². The van der Waals surface area contributed by atoms with Crippen LogP contribution >= 0.6 is 11.6 Å². The average Bonchev–Trinajstić information content (AvgIpc) is 3.34. The lowest BCUT2D eigenvalue weighted by atomic mass is 9.82. The van der Waals surface area contributed by atoms with Gasteiger partial charge in [-0.05, 0) is 82.1 Å².